The first-order valence-corrected chi connectivity index (χ1v) is 10.4. The van der Waals surface area contributed by atoms with Gasteiger partial charge in [-0.1, -0.05) is 45.7 Å². The van der Waals surface area contributed by atoms with Gasteiger partial charge in [-0.05, 0) is 36.8 Å². The predicted molar refractivity (Wildman–Crippen MR) is 114 cm³/mol. The van der Waals surface area contributed by atoms with Crippen LogP contribution in [0, 0.1) is 6.92 Å². The largest absolute Gasteiger partial charge is 0.456 e. The van der Waals surface area contributed by atoms with Crippen molar-refractivity contribution < 1.29 is 14.3 Å². The summed E-state index contributed by atoms with van der Waals surface area (Å²) in [7, 11) is 0. The van der Waals surface area contributed by atoms with Crippen LogP contribution >= 0.6 is 38.9 Å². The van der Waals surface area contributed by atoms with E-state index in [0.29, 0.717) is 15.7 Å². The van der Waals surface area contributed by atoms with Crippen molar-refractivity contribution in [1.82, 2.24) is 4.98 Å². The second-order valence-corrected chi connectivity index (χ2v) is 8.24. The van der Waals surface area contributed by atoms with Crippen molar-refractivity contribution in [2.24, 2.45) is 0 Å². The highest BCUT2D eigenvalue weighted by Crippen LogP contribution is 2.22. The van der Waals surface area contributed by atoms with Crippen molar-refractivity contribution in [1.29, 1.82) is 0 Å². The molecule has 0 saturated carbocycles. The third kappa shape index (κ3) is 5.41. The molecule has 0 atom stereocenters. The lowest BCUT2D eigenvalue weighted by atomic mass is 10.2. The van der Waals surface area contributed by atoms with Crippen LogP contribution in [0.4, 0.5) is 5.69 Å². The fraction of sp³-hybridized carbons (Fsp3) is 0.150. The van der Waals surface area contributed by atoms with Crippen LogP contribution in [0.5, 0.6) is 0 Å². The van der Waals surface area contributed by atoms with E-state index in [0.717, 1.165) is 15.7 Å². The average Bonchev–Trinajstić information content (AvgIpc) is 3.11. The number of thiazole rings is 1. The normalized spacial score (nSPS) is 10.5. The summed E-state index contributed by atoms with van der Waals surface area (Å²) in [6, 6.07) is 12.5. The highest BCUT2D eigenvalue weighted by atomic mass is 79.9. The van der Waals surface area contributed by atoms with Crippen LogP contribution in [0.25, 0.3) is 0 Å². The molecular weight excluding hydrogens is 464 g/mol. The van der Waals surface area contributed by atoms with E-state index in [1.165, 1.54) is 11.3 Å². The lowest BCUT2D eigenvalue weighted by Crippen LogP contribution is -2.15. The molecule has 8 heteroatoms. The van der Waals surface area contributed by atoms with E-state index in [1.807, 2.05) is 31.2 Å². The number of aryl methyl sites for hydroxylation is 1. The van der Waals surface area contributed by atoms with Gasteiger partial charge in [0, 0.05) is 15.5 Å². The van der Waals surface area contributed by atoms with Crippen molar-refractivity contribution in [3.8, 4) is 0 Å². The molecule has 2 aromatic carbocycles. The van der Waals surface area contributed by atoms with E-state index in [4.69, 9.17) is 16.3 Å². The molecule has 28 heavy (non-hydrogen) atoms. The maximum absolute atomic E-state index is 12.2. The molecule has 144 valence electrons. The summed E-state index contributed by atoms with van der Waals surface area (Å²) < 4.78 is 6.01. The van der Waals surface area contributed by atoms with Gasteiger partial charge in [0.1, 0.15) is 11.6 Å². The Bertz CT molecular complexity index is 1020. The van der Waals surface area contributed by atoms with Gasteiger partial charge < -0.3 is 10.1 Å². The number of esters is 1. The summed E-state index contributed by atoms with van der Waals surface area (Å²) in [6.07, 6.45) is 0.157. The van der Waals surface area contributed by atoms with Gasteiger partial charge in [0.15, 0.2) is 0 Å². The van der Waals surface area contributed by atoms with E-state index in [1.54, 1.807) is 23.6 Å². The number of benzene rings is 2. The van der Waals surface area contributed by atoms with Crippen molar-refractivity contribution in [2.75, 3.05) is 5.32 Å². The monoisotopic (exact) mass is 478 g/mol. The van der Waals surface area contributed by atoms with Crippen molar-refractivity contribution in [3.63, 3.8) is 0 Å². The average molecular weight is 480 g/mol. The zero-order valence-corrected chi connectivity index (χ0v) is 18.0. The van der Waals surface area contributed by atoms with Crippen LogP contribution in [0.3, 0.4) is 0 Å². The molecule has 0 fully saturated rings. The van der Waals surface area contributed by atoms with Crippen LogP contribution in [-0.2, 0) is 22.6 Å². The molecule has 0 unspecified atom stereocenters. The second kappa shape index (κ2) is 9.32. The zero-order chi connectivity index (χ0) is 20.1. The Labute approximate surface area is 179 Å². The number of ether oxygens (including phenoxy) is 1. The molecule has 0 radical (unpaired) electrons. The van der Waals surface area contributed by atoms with Gasteiger partial charge in [-0.3, -0.25) is 4.79 Å². The Balaban J connectivity index is 1.55. The number of hydrogen-bond donors (Lipinski definition) is 1. The summed E-state index contributed by atoms with van der Waals surface area (Å²) >= 11 is 10.7. The summed E-state index contributed by atoms with van der Waals surface area (Å²) in [5.41, 5.74) is 2.64. The number of halogens is 2. The first kappa shape index (κ1) is 20.5. The summed E-state index contributed by atoms with van der Waals surface area (Å²) in [6.45, 7) is 1.95. The molecule has 3 rings (SSSR count). The number of rotatable bonds is 6. The number of hydrogen-bond acceptors (Lipinski definition) is 5. The minimum absolute atomic E-state index is 0.0115. The first-order chi connectivity index (χ1) is 13.4. The number of nitrogens with zero attached hydrogens (tertiary/aromatic N) is 1. The van der Waals surface area contributed by atoms with Crippen LogP contribution in [0.1, 0.15) is 26.6 Å². The van der Waals surface area contributed by atoms with Gasteiger partial charge in [-0.15, -0.1) is 11.3 Å². The quantitative estimate of drug-likeness (QED) is 0.480. The Morgan fingerprint density at radius 3 is 2.82 bits per heavy atom. The minimum atomic E-state index is -0.529. The molecule has 1 aromatic heterocycles. The maximum Gasteiger partial charge on any atom is 0.340 e. The van der Waals surface area contributed by atoms with Crippen LogP contribution in [-0.4, -0.2) is 16.9 Å². The Morgan fingerprint density at radius 2 is 2.04 bits per heavy atom. The van der Waals surface area contributed by atoms with Crippen LogP contribution in [0.15, 0.2) is 52.3 Å². The first-order valence-electron chi connectivity index (χ1n) is 8.33. The van der Waals surface area contributed by atoms with E-state index >= 15 is 0 Å². The highest BCUT2D eigenvalue weighted by Gasteiger charge is 2.14. The van der Waals surface area contributed by atoms with Gasteiger partial charge in [0.05, 0.1) is 22.7 Å². The number of nitrogens with one attached hydrogen (secondary N) is 1. The molecule has 1 amide bonds. The molecule has 1 N–H and O–H groups in total. The molecule has 3 aromatic rings. The minimum Gasteiger partial charge on any atom is -0.456 e. The number of amides is 1. The van der Waals surface area contributed by atoms with Gasteiger partial charge in [0.25, 0.3) is 0 Å². The number of aromatic nitrogens is 1. The third-order valence-corrected chi connectivity index (χ3v) is 5.55. The molecule has 0 aliphatic heterocycles. The number of para-hydroxylation sites is 1. The van der Waals surface area contributed by atoms with Crippen molar-refractivity contribution >= 4 is 56.4 Å². The smallest absolute Gasteiger partial charge is 0.340 e. The highest BCUT2D eigenvalue weighted by molar-refractivity contribution is 9.10. The summed E-state index contributed by atoms with van der Waals surface area (Å²) in [5, 5.41) is 5.61. The SMILES string of the molecule is Cc1ccccc1NC(=O)Cc1nc(COC(=O)c2cc(Br)ccc2Cl)cs1. The Morgan fingerprint density at radius 1 is 1.25 bits per heavy atom. The molecular formula is C20H16BrClN2O3S. The standard InChI is InChI=1S/C20H16BrClN2O3S/c1-12-4-2-3-5-17(12)24-18(25)9-19-23-14(11-28-19)10-27-20(26)15-8-13(21)6-7-16(15)22/h2-8,11H,9-10H2,1H3,(H,24,25). The molecule has 0 aliphatic carbocycles. The van der Waals surface area contributed by atoms with Gasteiger partial charge >= 0.3 is 5.97 Å². The number of carbonyl (C=O) groups excluding carboxylic acids is 2. The van der Waals surface area contributed by atoms with Crippen LogP contribution in [0.2, 0.25) is 5.02 Å². The van der Waals surface area contributed by atoms with E-state index in [-0.39, 0.29) is 24.5 Å². The van der Waals surface area contributed by atoms with E-state index in [2.05, 4.69) is 26.2 Å². The zero-order valence-electron chi connectivity index (χ0n) is 14.9. The maximum atomic E-state index is 12.2. The summed E-state index contributed by atoms with van der Waals surface area (Å²) in [5.74, 6) is -0.675. The van der Waals surface area contributed by atoms with Gasteiger partial charge in [-0.2, -0.15) is 0 Å². The predicted octanol–water partition coefficient (Wildman–Crippen LogP) is 5.41. The van der Waals surface area contributed by atoms with Crippen molar-refractivity contribution in [2.45, 2.75) is 20.0 Å². The molecule has 0 spiro atoms. The van der Waals surface area contributed by atoms with Gasteiger partial charge in [-0.25, -0.2) is 9.78 Å². The van der Waals surface area contributed by atoms with Gasteiger partial charge in [0.2, 0.25) is 5.91 Å². The van der Waals surface area contributed by atoms with E-state index in [9.17, 15) is 9.59 Å². The fourth-order valence-corrected chi connectivity index (χ4v) is 3.75. The van der Waals surface area contributed by atoms with Crippen molar-refractivity contribution in [3.05, 3.63) is 79.2 Å². The molecule has 5 nitrogen and oxygen atoms in total. The Kier molecular flexibility index (Phi) is 6.83. The Hall–Kier alpha value is -2.22. The van der Waals surface area contributed by atoms with Crippen LogP contribution < -0.4 is 5.32 Å². The topological polar surface area (TPSA) is 68.3 Å². The molecule has 1 heterocycles. The fourth-order valence-electron chi connectivity index (χ4n) is 2.41. The number of carbonyl (C=O) groups is 2. The molecule has 0 aliphatic rings. The molecule has 0 saturated heterocycles. The second-order valence-electron chi connectivity index (χ2n) is 5.97. The van der Waals surface area contributed by atoms with E-state index < -0.39 is 5.97 Å². The summed E-state index contributed by atoms with van der Waals surface area (Å²) in [4.78, 5) is 28.8. The lowest BCUT2D eigenvalue weighted by Gasteiger charge is -2.07. The molecule has 0 bridgehead atoms. The third-order valence-electron chi connectivity index (χ3n) is 3.83. The number of anilines is 1. The lowest BCUT2D eigenvalue weighted by molar-refractivity contribution is -0.115.